The second-order valence-electron chi connectivity index (χ2n) is 8.16. The maximum Gasteiger partial charge on any atom is 0.300 e. The zero-order valence-corrected chi connectivity index (χ0v) is 19.6. The number of aliphatic hydroxyl groups excluding tert-OH is 1. The highest BCUT2D eigenvalue weighted by atomic mass is 32.1. The summed E-state index contributed by atoms with van der Waals surface area (Å²) in [4.78, 5) is 28.7. The van der Waals surface area contributed by atoms with E-state index in [1.54, 1.807) is 42.5 Å². The van der Waals surface area contributed by atoms with Crippen LogP contribution < -0.4 is 19.1 Å². The number of ether oxygens (including phenoxy) is 3. The van der Waals surface area contributed by atoms with E-state index >= 15 is 0 Å². The largest absolute Gasteiger partial charge is 0.507 e. The summed E-state index contributed by atoms with van der Waals surface area (Å²) < 4.78 is 16.6. The number of carbonyl (C=O) groups excluding carboxylic acids is 2. The molecule has 3 aromatic carbocycles. The summed E-state index contributed by atoms with van der Waals surface area (Å²) in [6, 6.07) is 24.1. The van der Waals surface area contributed by atoms with Gasteiger partial charge in [-0.25, -0.2) is 0 Å². The van der Waals surface area contributed by atoms with Crippen molar-refractivity contribution in [2.24, 2.45) is 0 Å². The lowest BCUT2D eigenvalue weighted by molar-refractivity contribution is -0.132. The van der Waals surface area contributed by atoms with Crippen molar-refractivity contribution in [3.8, 4) is 23.0 Å². The Morgan fingerprint density at radius 3 is 2.39 bits per heavy atom. The van der Waals surface area contributed by atoms with Crippen molar-refractivity contribution < 1.29 is 28.9 Å². The molecule has 2 aliphatic rings. The standard InChI is InChI=1S/C28H19NO6S/c30-26(17-8-13-21-22(15-17)34-16-33-21)24-25(23-7-4-14-36-23)29(28(32)27(24)31)18-9-11-20(12-10-18)35-19-5-2-1-3-6-19/h1-15,25,30H,16H2/b26-24-. The van der Waals surface area contributed by atoms with E-state index in [1.807, 2.05) is 47.8 Å². The number of hydrogen-bond acceptors (Lipinski definition) is 7. The van der Waals surface area contributed by atoms with Crippen LogP contribution in [0.2, 0.25) is 0 Å². The lowest BCUT2D eigenvalue weighted by Crippen LogP contribution is -2.29. The molecule has 0 saturated carbocycles. The fourth-order valence-corrected chi connectivity index (χ4v) is 5.14. The Kier molecular flexibility index (Phi) is 5.42. The molecule has 0 radical (unpaired) electrons. The SMILES string of the molecule is O=C1C(=O)N(c2ccc(Oc3ccccc3)cc2)C(c2cccs2)/C1=C(/O)c1ccc2c(c1)OCO2. The van der Waals surface area contributed by atoms with Gasteiger partial charge in [0.15, 0.2) is 11.5 Å². The highest BCUT2D eigenvalue weighted by molar-refractivity contribution is 7.10. The third-order valence-corrected chi connectivity index (χ3v) is 6.92. The van der Waals surface area contributed by atoms with Crippen molar-refractivity contribution in [2.45, 2.75) is 6.04 Å². The topological polar surface area (TPSA) is 85.3 Å². The van der Waals surface area contributed by atoms with Crippen molar-refractivity contribution >= 4 is 34.5 Å². The lowest BCUT2D eigenvalue weighted by Gasteiger charge is -2.24. The van der Waals surface area contributed by atoms with Gasteiger partial charge in [-0.1, -0.05) is 24.3 Å². The molecule has 0 spiro atoms. The normalized spacial score (nSPS) is 18.0. The number of carbonyl (C=O) groups is 2. The van der Waals surface area contributed by atoms with E-state index in [1.165, 1.54) is 16.2 Å². The molecular formula is C28H19NO6S. The number of thiophene rings is 1. The van der Waals surface area contributed by atoms with Crippen LogP contribution in [0.1, 0.15) is 16.5 Å². The molecule has 1 N–H and O–H groups in total. The molecule has 1 fully saturated rings. The van der Waals surface area contributed by atoms with Gasteiger partial charge in [0, 0.05) is 16.1 Å². The number of rotatable bonds is 5. The van der Waals surface area contributed by atoms with Gasteiger partial charge < -0.3 is 19.3 Å². The second kappa shape index (κ2) is 8.90. The second-order valence-corrected chi connectivity index (χ2v) is 9.14. The van der Waals surface area contributed by atoms with Crippen molar-refractivity contribution in [2.75, 3.05) is 11.7 Å². The first-order valence-corrected chi connectivity index (χ1v) is 12.1. The molecule has 1 unspecified atom stereocenters. The van der Waals surface area contributed by atoms with Gasteiger partial charge in [0.25, 0.3) is 11.7 Å². The van der Waals surface area contributed by atoms with E-state index in [0.717, 1.165) is 4.88 Å². The molecular weight excluding hydrogens is 478 g/mol. The predicted molar refractivity (Wildman–Crippen MR) is 135 cm³/mol. The average molecular weight is 498 g/mol. The zero-order valence-electron chi connectivity index (χ0n) is 18.8. The van der Waals surface area contributed by atoms with Crippen LogP contribution in [0.25, 0.3) is 5.76 Å². The fourth-order valence-electron chi connectivity index (χ4n) is 4.31. The number of hydrogen-bond donors (Lipinski definition) is 1. The van der Waals surface area contributed by atoms with Gasteiger partial charge in [-0.05, 0) is 66.0 Å². The monoisotopic (exact) mass is 497 g/mol. The van der Waals surface area contributed by atoms with Gasteiger partial charge in [0.1, 0.15) is 23.3 Å². The smallest absolute Gasteiger partial charge is 0.300 e. The number of anilines is 1. The number of fused-ring (bicyclic) bond motifs is 1. The number of aliphatic hydroxyl groups is 1. The summed E-state index contributed by atoms with van der Waals surface area (Å²) >= 11 is 1.40. The van der Waals surface area contributed by atoms with E-state index in [2.05, 4.69) is 0 Å². The number of nitrogens with zero attached hydrogens (tertiary/aromatic N) is 1. The number of Topliss-reactive ketones (excluding diaryl/α,β-unsaturated/α-hetero) is 1. The molecule has 8 heteroatoms. The molecule has 1 amide bonds. The summed E-state index contributed by atoms with van der Waals surface area (Å²) in [7, 11) is 0. The van der Waals surface area contributed by atoms with Crippen LogP contribution in [0, 0.1) is 0 Å². The Balaban J connectivity index is 1.40. The first-order valence-electron chi connectivity index (χ1n) is 11.2. The Morgan fingerprint density at radius 2 is 1.64 bits per heavy atom. The van der Waals surface area contributed by atoms with Crippen LogP contribution in [-0.4, -0.2) is 23.6 Å². The van der Waals surface area contributed by atoms with Crippen LogP contribution >= 0.6 is 11.3 Å². The Labute approximate surface area is 210 Å². The molecule has 3 heterocycles. The van der Waals surface area contributed by atoms with Gasteiger partial charge in [-0.2, -0.15) is 0 Å². The number of ketones is 1. The highest BCUT2D eigenvalue weighted by Gasteiger charge is 2.47. The van der Waals surface area contributed by atoms with Crippen LogP contribution in [0.5, 0.6) is 23.0 Å². The van der Waals surface area contributed by atoms with Crippen molar-refractivity contribution in [1.29, 1.82) is 0 Å². The van der Waals surface area contributed by atoms with Gasteiger partial charge in [-0.3, -0.25) is 14.5 Å². The third kappa shape index (κ3) is 3.77. The summed E-state index contributed by atoms with van der Waals surface area (Å²) in [6.07, 6.45) is 0. The van der Waals surface area contributed by atoms with Gasteiger partial charge in [-0.15, -0.1) is 11.3 Å². The average Bonchev–Trinajstić information content (AvgIpc) is 3.65. The molecule has 1 aromatic heterocycles. The summed E-state index contributed by atoms with van der Waals surface area (Å²) in [5.41, 5.74) is 0.900. The third-order valence-electron chi connectivity index (χ3n) is 6.00. The maximum absolute atomic E-state index is 13.3. The molecule has 1 saturated heterocycles. The van der Waals surface area contributed by atoms with Crippen LogP contribution in [0.3, 0.4) is 0 Å². The summed E-state index contributed by atoms with van der Waals surface area (Å²) in [6.45, 7) is 0.0864. The Morgan fingerprint density at radius 1 is 0.889 bits per heavy atom. The lowest BCUT2D eigenvalue weighted by atomic mass is 9.99. The molecule has 4 aromatic rings. The molecule has 2 aliphatic heterocycles. The predicted octanol–water partition coefficient (Wildman–Crippen LogP) is 5.90. The van der Waals surface area contributed by atoms with Crippen LogP contribution in [0.4, 0.5) is 5.69 Å². The molecule has 7 nitrogen and oxygen atoms in total. The number of para-hydroxylation sites is 1. The molecule has 178 valence electrons. The van der Waals surface area contributed by atoms with Crippen molar-refractivity contribution in [1.82, 2.24) is 0 Å². The summed E-state index contributed by atoms with van der Waals surface area (Å²) in [5.74, 6) is 0.564. The van der Waals surface area contributed by atoms with Crippen molar-refractivity contribution in [3.05, 3.63) is 106 Å². The summed E-state index contributed by atoms with van der Waals surface area (Å²) in [5, 5.41) is 13.1. The first kappa shape index (κ1) is 21.9. The highest BCUT2D eigenvalue weighted by Crippen LogP contribution is 2.45. The maximum atomic E-state index is 13.3. The Hall–Kier alpha value is -4.56. The number of amides is 1. The molecule has 6 rings (SSSR count). The van der Waals surface area contributed by atoms with E-state index < -0.39 is 17.7 Å². The fraction of sp³-hybridized carbons (Fsp3) is 0.0714. The van der Waals surface area contributed by atoms with Crippen molar-refractivity contribution in [3.63, 3.8) is 0 Å². The minimum Gasteiger partial charge on any atom is -0.507 e. The van der Waals surface area contributed by atoms with Crippen LogP contribution in [-0.2, 0) is 9.59 Å². The van der Waals surface area contributed by atoms with E-state index in [-0.39, 0.29) is 18.1 Å². The van der Waals surface area contributed by atoms with Gasteiger partial charge in [0.2, 0.25) is 6.79 Å². The molecule has 0 bridgehead atoms. The van der Waals surface area contributed by atoms with Gasteiger partial charge >= 0.3 is 0 Å². The van der Waals surface area contributed by atoms with E-state index in [0.29, 0.717) is 34.2 Å². The molecule has 1 atom stereocenters. The zero-order chi connectivity index (χ0) is 24.6. The van der Waals surface area contributed by atoms with E-state index in [9.17, 15) is 14.7 Å². The quantitative estimate of drug-likeness (QED) is 0.210. The number of benzene rings is 3. The molecule has 0 aliphatic carbocycles. The minimum atomic E-state index is -0.781. The van der Waals surface area contributed by atoms with Gasteiger partial charge in [0.05, 0.1) is 5.57 Å². The first-order chi connectivity index (χ1) is 17.6. The Bertz CT molecular complexity index is 1480. The van der Waals surface area contributed by atoms with E-state index in [4.69, 9.17) is 14.2 Å². The minimum absolute atomic E-state index is 0.0194. The van der Waals surface area contributed by atoms with Crippen LogP contribution in [0.15, 0.2) is 95.9 Å². The molecule has 36 heavy (non-hydrogen) atoms.